The van der Waals surface area contributed by atoms with E-state index in [1.54, 1.807) is 12.1 Å². The number of halogens is 1. The summed E-state index contributed by atoms with van der Waals surface area (Å²) in [6.07, 6.45) is 1.03. The molecule has 3 nitrogen and oxygen atoms in total. The monoisotopic (exact) mass is 267 g/mol. The van der Waals surface area contributed by atoms with Crippen molar-refractivity contribution < 1.29 is 14.3 Å². The SMILES string of the molecule is CC(C)C(O)CCNC(=O)CCc1cccc(F)c1. The minimum atomic E-state index is -0.386. The number of carbonyl (C=O) groups is 1. The molecule has 0 bridgehead atoms. The molecule has 19 heavy (non-hydrogen) atoms. The topological polar surface area (TPSA) is 49.3 Å². The largest absolute Gasteiger partial charge is 0.393 e. The van der Waals surface area contributed by atoms with E-state index in [2.05, 4.69) is 5.32 Å². The number of aliphatic hydroxyl groups is 1. The van der Waals surface area contributed by atoms with Gasteiger partial charge in [-0.3, -0.25) is 4.79 Å². The zero-order chi connectivity index (χ0) is 14.3. The number of carbonyl (C=O) groups excluding carboxylic acids is 1. The van der Waals surface area contributed by atoms with Crippen LogP contribution in [0, 0.1) is 11.7 Å². The van der Waals surface area contributed by atoms with Crippen molar-refractivity contribution in [3.63, 3.8) is 0 Å². The van der Waals surface area contributed by atoms with E-state index >= 15 is 0 Å². The molecule has 1 unspecified atom stereocenters. The fourth-order valence-electron chi connectivity index (χ4n) is 1.73. The zero-order valence-corrected chi connectivity index (χ0v) is 11.5. The first-order valence-electron chi connectivity index (χ1n) is 6.68. The lowest BCUT2D eigenvalue weighted by Crippen LogP contribution is -2.28. The van der Waals surface area contributed by atoms with Gasteiger partial charge in [-0.1, -0.05) is 26.0 Å². The molecule has 1 amide bonds. The molecule has 1 aromatic carbocycles. The summed E-state index contributed by atoms with van der Waals surface area (Å²) in [5.74, 6) is -0.151. The van der Waals surface area contributed by atoms with E-state index in [1.165, 1.54) is 12.1 Å². The van der Waals surface area contributed by atoms with Crippen LogP contribution >= 0.6 is 0 Å². The van der Waals surface area contributed by atoms with Crippen LogP contribution in [-0.2, 0) is 11.2 Å². The van der Waals surface area contributed by atoms with Gasteiger partial charge in [0.05, 0.1) is 6.10 Å². The molecule has 0 aliphatic heterocycles. The predicted octanol–water partition coefficient (Wildman–Crippen LogP) is 2.28. The highest BCUT2D eigenvalue weighted by molar-refractivity contribution is 5.76. The highest BCUT2D eigenvalue weighted by atomic mass is 19.1. The van der Waals surface area contributed by atoms with E-state index in [4.69, 9.17) is 0 Å². The van der Waals surface area contributed by atoms with Crippen LogP contribution in [0.3, 0.4) is 0 Å². The van der Waals surface area contributed by atoms with Crippen LogP contribution in [0.4, 0.5) is 4.39 Å². The second-order valence-corrected chi connectivity index (χ2v) is 5.08. The summed E-state index contributed by atoms with van der Waals surface area (Å²) in [7, 11) is 0. The minimum Gasteiger partial charge on any atom is -0.393 e. The van der Waals surface area contributed by atoms with Crippen molar-refractivity contribution in [1.82, 2.24) is 5.32 Å². The van der Waals surface area contributed by atoms with Crippen LogP contribution in [0.25, 0.3) is 0 Å². The molecule has 0 radical (unpaired) electrons. The van der Waals surface area contributed by atoms with Gasteiger partial charge in [0.25, 0.3) is 0 Å². The van der Waals surface area contributed by atoms with Crippen LogP contribution < -0.4 is 5.32 Å². The van der Waals surface area contributed by atoms with Crippen LogP contribution in [-0.4, -0.2) is 23.7 Å². The van der Waals surface area contributed by atoms with Crippen LogP contribution in [0.2, 0.25) is 0 Å². The smallest absolute Gasteiger partial charge is 0.220 e. The third kappa shape index (κ3) is 6.34. The third-order valence-corrected chi connectivity index (χ3v) is 3.06. The molecule has 0 spiro atoms. The maximum absolute atomic E-state index is 12.9. The predicted molar refractivity (Wildman–Crippen MR) is 73.2 cm³/mol. The Hall–Kier alpha value is -1.42. The lowest BCUT2D eigenvalue weighted by Gasteiger charge is -2.14. The zero-order valence-electron chi connectivity index (χ0n) is 11.5. The number of benzene rings is 1. The first-order valence-corrected chi connectivity index (χ1v) is 6.68. The van der Waals surface area contributed by atoms with Gasteiger partial charge in [0, 0.05) is 13.0 Å². The van der Waals surface area contributed by atoms with Gasteiger partial charge in [-0.05, 0) is 36.5 Å². The first kappa shape index (κ1) is 15.6. The Kier molecular flexibility index (Phi) is 6.50. The van der Waals surface area contributed by atoms with Crippen molar-refractivity contribution in [3.05, 3.63) is 35.6 Å². The molecule has 1 aromatic rings. The van der Waals surface area contributed by atoms with E-state index in [9.17, 15) is 14.3 Å². The second kappa shape index (κ2) is 7.89. The average molecular weight is 267 g/mol. The minimum absolute atomic E-state index is 0.0692. The van der Waals surface area contributed by atoms with Gasteiger partial charge in [0.1, 0.15) is 5.82 Å². The highest BCUT2D eigenvalue weighted by Crippen LogP contribution is 2.06. The number of aryl methyl sites for hydroxylation is 1. The molecule has 0 aliphatic carbocycles. The molecule has 0 saturated heterocycles. The lowest BCUT2D eigenvalue weighted by atomic mass is 10.0. The van der Waals surface area contributed by atoms with E-state index in [1.807, 2.05) is 13.8 Å². The normalized spacial score (nSPS) is 12.5. The van der Waals surface area contributed by atoms with Gasteiger partial charge >= 0.3 is 0 Å². The Morgan fingerprint density at radius 1 is 1.42 bits per heavy atom. The molecule has 0 aliphatic rings. The lowest BCUT2D eigenvalue weighted by molar-refractivity contribution is -0.121. The number of nitrogens with one attached hydrogen (secondary N) is 1. The maximum atomic E-state index is 12.9. The summed E-state index contributed by atoms with van der Waals surface area (Å²) < 4.78 is 12.9. The fraction of sp³-hybridized carbons (Fsp3) is 0.533. The Morgan fingerprint density at radius 2 is 2.16 bits per heavy atom. The third-order valence-electron chi connectivity index (χ3n) is 3.06. The first-order chi connectivity index (χ1) is 8.99. The van der Waals surface area contributed by atoms with Crippen LogP contribution in [0.5, 0.6) is 0 Å². The van der Waals surface area contributed by atoms with E-state index in [0.717, 1.165) is 5.56 Å². The van der Waals surface area contributed by atoms with Crippen LogP contribution in [0.1, 0.15) is 32.3 Å². The number of hydrogen-bond acceptors (Lipinski definition) is 2. The maximum Gasteiger partial charge on any atom is 0.220 e. The molecule has 2 N–H and O–H groups in total. The molecule has 0 fully saturated rings. The molecule has 0 heterocycles. The molecular formula is C15H22FNO2. The van der Waals surface area contributed by atoms with Crippen molar-refractivity contribution in [1.29, 1.82) is 0 Å². The Bertz CT molecular complexity index is 407. The van der Waals surface area contributed by atoms with Gasteiger partial charge in [-0.25, -0.2) is 4.39 Å². The Morgan fingerprint density at radius 3 is 2.79 bits per heavy atom. The molecule has 1 rings (SSSR count). The molecule has 1 atom stereocenters. The van der Waals surface area contributed by atoms with Gasteiger partial charge in [0.2, 0.25) is 5.91 Å². The summed E-state index contributed by atoms with van der Waals surface area (Å²) >= 11 is 0. The molecule has 0 aromatic heterocycles. The van der Waals surface area contributed by atoms with E-state index < -0.39 is 0 Å². The van der Waals surface area contributed by atoms with Gasteiger partial charge in [-0.15, -0.1) is 0 Å². The highest BCUT2D eigenvalue weighted by Gasteiger charge is 2.09. The fourth-order valence-corrected chi connectivity index (χ4v) is 1.73. The summed E-state index contributed by atoms with van der Waals surface area (Å²) in [5, 5.41) is 12.3. The van der Waals surface area contributed by atoms with Crippen molar-refractivity contribution >= 4 is 5.91 Å². The summed E-state index contributed by atoms with van der Waals surface area (Å²) in [6, 6.07) is 6.27. The number of aliphatic hydroxyl groups excluding tert-OH is 1. The molecule has 4 heteroatoms. The Balaban J connectivity index is 2.21. The molecule has 106 valence electrons. The quantitative estimate of drug-likeness (QED) is 0.796. The number of hydrogen-bond donors (Lipinski definition) is 2. The summed E-state index contributed by atoms with van der Waals surface area (Å²) in [5.41, 5.74) is 0.817. The Labute approximate surface area is 113 Å². The second-order valence-electron chi connectivity index (χ2n) is 5.08. The van der Waals surface area contributed by atoms with Gasteiger partial charge in [-0.2, -0.15) is 0 Å². The van der Waals surface area contributed by atoms with E-state index in [0.29, 0.717) is 25.8 Å². The van der Waals surface area contributed by atoms with E-state index in [-0.39, 0.29) is 23.7 Å². The molecular weight excluding hydrogens is 245 g/mol. The van der Waals surface area contributed by atoms with Crippen LogP contribution in [0.15, 0.2) is 24.3 Å². The number of amides is 1. The van der Waals surface area contributed by atoms with Crippen molar-refractivity contribution in [2.75, 3.05) is 6.54 Å². The van der Waals surface area contributed by atoms with Gasteiger partial charge in [0.15, 0.2) is 0 Å². The van der Waals surface area contributed by atoms with Crippen molar-refractivity contribution in [3.8, 4) is 0 Å². The van der Waals surface area contributed by atoms with Crippen molar-refractivity contribution in [2.24, 2.45) is 5.92 Å². The number of rotatable bonds is 7. The molecule has 0 saturated carbocycles. The summed E-state index contributed by atoms with van der Waals surface area (Å²) in [4.78, 5) is 11.6. The van der Waals surface area contributed by atoms with Crippen molar-refractivity contribution in [2.45, 2.75) is 39.2 Å². The standard InChI is InChI=1S/C15H22FNO2/c1-11(2)14(18)8-9-17-15(19)7-6-12-4-3-5-13(16)10-12/h3-5,10-11,14,18H,6-9H2,1-2H3,(H,17,19). The summed E-state index contributed by atoms with van der Waals surface area (Å²) in [6.45, 7) is 4.36. The van der Waals surface area contributed by atoms with Gasteiger partial charge < -0.3 is 10.4 Å². The average Bonchev–Trinajstić information content (AvgIpc) is 2.36.